The first kappa shape index (κ1) is 14.3. The zero-order valence-electron chi connectivity index (χ0n) is 10.4. The van der Waals surface area contributed by atoms with E-state index in [1.165, 1.54) is 0 Å². The number of aliphatic hydroxyl groups is 1. The first-order valence-corrected chi connectivity index (χ1v) is 6.82. The van der Waals surface area contributed by atoms with Crippen molar-refractivity contribution in [2.24, 2.45) is 0 Å². The third kappa shape index (κ3) is 5.95. The van der Waals surface area contributed by atoms with E-state index >= 15 is 0 Å². The molecule has 6 heteroatoms. The Kier molecular flexibility index (Phi) is 5.30. The van der Waals surface area contributed by atoms with E-state index in [1.54, 1.807) is 16.8 Å². The van der Waals surface area contributed by atoms with Crippen molar-refractivity contribution in [3.8, 4) is 0 Å². The molecule has 0 radical (unpaired) electrons. The number of aliphatic hydroxyl groups excluding tert-OH is 1. The molecule has 1 aromatic heterocycles. The molecule has 0 amide bonds. The second-order valence-electron chi connectivity index (χ2n) is 4.91. The largest absolute Gasteiger partial charge is 0.394 e. The summed E-state index contributed by atoms with van der Waals surface area (Å²) >= 11 is 6.74. The van der Waals surface area contributed by atoms with E-state index in [0.29, 0.717) is 11.5 Å². The van der Waals surface area contributed by atoms with Crippen LogP contribution in [0, 0.1) is 0 Å². The minimum absolute atomic E-state index is 0.0312. The van der Waals surface area contributed by atoms with Crippen molar-refractivity contribution in [2.75, 3.05) is 6.61 Å². The van der Waals surface area contributed by atoms with E-state index in [1.807, 2.05) is 26.2 Å². The highest BCUT2D eigenvalue weighted by atomic mass is 32.1. The zero-order chi connectivity index (χ0) is 12.9. The smallest absolute Gasteiger partial charge is 0.167 e. The summed E-state index contributed by atoms with van der Waals surface area (Å²) in [5, 5.41) is 18.1. The number of thiazole rings is 1. The number of thiocarbonyl (C=S) groups is 1. The lowest BCUT2D eigenvalue weighted by atomic mass is 10.1. The van der Waals surface area contributed by atoms with Crippen molar-refractivity contribution in [2.45, 2.75) is 38.8 Å². The highest BCUT2D eigenvalue weighted by Crippen LogP contribution is 2.05. The molecule has 0 spiro atoms. The Morgan fingerprint density at radius 3 is 2.76 bits per heavy atom. The second kappa shape index (κ2) is 6.28. The molecular weight excluding hydrogens is 254 g/mol. The molecule has 0 saturated heterocycles. The van der Waals surface area contributed by atoms with E-state index in [9.17, 15) is 5.11 Å². The summed E-state index contributed by atoms with van der Waals surface area (Å²) in [6.45, 7) is 6.14. The molecule has 1 aromatic rings. The van der Waals surface area contributed by atoms with Crippen LogP contribution in [0.2, 0.25) is 0 Å². The zero-order valence-corrected chi connectivity index (χ0v) is 12.0. The molecule has 0 bridgehead atoms. The molecular formula is C11H19N3OS2. The van der Waals surface area contributed by atoms with Crippen LogP contribution in [0.1, 0.15) is 26.5 Å². The maximum Gasteiger partial charge on any atom is 0.167 e. The van der Waals surface area contributed by atoms with Gasteiger partial charge in [0.05, 0.1) is 23.9 Å². The van der Waals surface area contributed by atoms with Crippen LogP contribution in [-0.4, -0.2) is 33.4 Å². The number of rotatable bonds is 4. The minimum Gasteiger partial charge on any atom is -0.394 e. The van der Waals surface area contributed by atoms with E-state index in [4.69, 9.17) is 12.2 Å². The van der Waals surface area contributed by atoms with Gasteiger partial charge in [0.25, 0.3) is 0 Å². The Labute approximate surface area is 111 Å². The average Bonchev–Trinajstić information content (AvgIpc) is 2.66. The highest BCUT2D eigenvalue weighted by molar-refractivity contribution is 7.80. The van der Waals surface area contributed by atoms with Gasteiger partial charge >= 0.3 is 0 Å². The van der Waals surface area contributed by atoms with Gasteiger partial charge in [0.2, 0.25) is 0 Å². The average molecular weight is 273 g/mol. The maximum atomic E-state index is 9.30. The predicted molar refractivity (Wildman–Crippen MR) is 75.3 cm³/mol. The number of nitrogens with zero attached hydrogens (tertiary/aromatic N) is 1. The third-order valence-electron chi connectivity index (χ3n) is 1.98. The monoisotopic (exact) mass is 273 g/mol. The Morgan fingerprint density at radius 2 is 2.29 bits per heavy atom. The third-order valence-corrected chi connectivity index (χ3v) is 2.84. The van der Waals surface area contributed by atoms with Crippen LogP contribution >= 0.6 is 23.6 Å². The van der Waals surface area contributed by atoms with Gasteiger partial charge in [0.15, 0.2) is 5.11 Å². The summed E-state index contributed by atoms with van der Waals surface area (Å²) in [5.41, 5.74) is 2.68. The molecule has 3 N–H and O–H groups in total. The van der Waals surface area contributed by atoms with E-state index in [0.717, 1.165) is 5.69 Å². The number of hydrogen-bond donors (Lipinski definition) is 3. The summed E-state index contributed by atoms with van der Waals surface area (Å²) in [7, 11) is 0. The van der Waals surface area contributed by atoms with Gasteiger partial charge in [-0.25, -0.2) is 4.98 Å². The van der Waals surface area contributed by atoms with Crippen LogP contribution in [0.25, 0.3) is 0 Å². The molecule has 0 aliphatic carbocycles. The lowest BCUT2D eigenvalue weighted by Gasteiger charge is -2.25. The fourth-order valence-electron chi connectivity index (χ4n) is 1.31. The van der Waals surface area contributed by atoms with Crippen molar-refractivity contribution in [1.29, 1.82) is 0 Å². The predicted octanol–water partition coefficient (Wildman–Crippen LogP) is 1.31. The van der Waals surface area contributed by atoms with Crippen molar-refractivity contribution in [3.63, 3.8) is 0 Å². The van der Waals surface area contributed by atoms with Gasteiger partial charge < -0.3 is 15.7 Å². The Balaban J connectivity index is 2.44. The molecule has 0 fully saturated rings. The van der Waals surface area contributed by atoms with Gasteiger partial charge in [-0.3, -0.25) is 0 Å². The summed E-state index contributed by atoms with van der Waals surface area (Å²) in [5.74, 6) is 0. The van der Waals surface area contributed by atoms with Gasteiger partial charge in [-0.1, -0.05) is 0 Å². The molecule has 0 saturated carbocycles. The number of aromatic nitrogens is 1. The minimum atomic E-state index is -0.0977. The Morgan fingerprint density at radius 1 is 1.59 bits per heavy atom. The molecule has 4 nitrogen and oxygen atoms in total. The summed E-state index contributed by atoms with van der Waals surface area (Å²) in [6.07, 6.45) is 0.673. The maximum absolute atomic E-state index is 9.30. The van der Waals surface area contributed by atoms with E-state index in [-0.39, 0.29) is 18.2 Å². The van der Waals surface area contributed by atoms with Gasteiger partial charge in [-0.05, 0) is 33.0 Å². The molecule has 0 aromatic carbocycles. The number of nitrogens with one attached hydrogen (secondary N) is 2. The first-order chi connectivity index (χ1) is 7.90. The van der Waals surface area contributed by atoms with Crippen LogP contribution in [-0.2, 0) is 6.42 Å². The standard InChI is InChI=1S/C11H19N3OS2/c1-11(2,3)14-10(16)13-8(5-15)4-9-6-17-7-12-9/h6-8,15H,4-5H2,1-3H3,(H2,13,14,16)/t8-/m1/s1. The molecule has 1 heterocycles. The van der Waals surface area contributed by atoms with Crippen LogP contribution in [0.15, 0.2) is 10.9 Å². The summed E-state index contributed by atoms with van der Waals surface area (Å²) in [6, 6.07) is -0.0977. The first-order valence-electron chi connectivity index (χ1n) is 5.47. The van der Waals surface area contributed by atoms with E-state index < -0.39 is 0 Å². The van der Waals surface area contributed by atoms with Gasteiger partial charge in [0.1, 0.15) is 0 Å². The van der Waals surface area contributed by atoms with Crippen LogP contribution in [0.5, 0.6) is 0 Å². The number of hydrogen-bond acceptors (Lipinski definition) is 4. The van der Waals surface area contributed by atoms with Crippen LogP contribution in [0.3, 0.4) is 0 Å². The SMILES string of the molecule is CC(C)(C)NC(=S)N[C@@H](CO)Cc1cscn1. The fraction of sp³-hybridized carbons (Fsp3) is 0.636. The summed E-state index contributed by atoms with van der Waals surface area (Å²) in [4.78, 5) is 4.19. The lowest BCUT2D eigenvalue weighted by Crippen LogP contribution is -2.50. The topological polar surface area (TPSA) is 57.2 Å². The molecule has 96 valence electrons. The van der Waals surface area contributed by atoms with Crippen LogP contribution < -0.4 is 10.6 Å². The normalized spacial score (nSPS) is 13.2. The van der Waals surface area contributed by atoms with Crippen molar-refractivity contribution in [1.82, 2.24) is 15.6 Å². The molecule has 0 aliphatic heterocycles. The van der Waals surface area contributed by atoms with Gasteiger partial charge in [-0.15, -0.1) is 11.3 Å². The fourth-order valence-corrected chi connectivity index (χ4v) is 2.36. The van der Waals surface area contributed by atoms with Crippen LogP contribution in [0.4, 0.5) is 0 Å². The van der Waals surface area contributed by atoms with Gasteiger partial charge in [0, 0.05) is 17.3 Å². The molecule has 1 rings (SSSR count). The molecule has 1 atom stereocenters. The second-order valence-corrected chi connectivity index (χ2v) is 6.04. The van der Waals surface area contributed by atoms with Crippen molar-refractivity contribution < 1.29 is 5.11 Å². The molecule has 0 aliphatic rings. The van der Waals surface area contributed by atoms with E-state index in [2.05, 4.69) is 15.6 Å². The molecule has 0 unspecified atom stereocenters. The highest BCUT2D eigenvalue weighted by Gasteiger charge is 2.15. The Bertz CT molecular complexity index is 346. The summed E-state index contributed by atoms with van der Waals surface area (Å²) < 4.78 is 0. The molecule has 17 heavy (non-hydrogen) atoms. The van der Waals surface area contributed by atoms with Crippen molar-refractivity contribution >= 4 is 28.7 Å². The van der Waals surface area contributed by atoms with Gasteiger partial charge in [-0.2, -0.15) is 0 Å². The quantitative estimate of drug-likeness (QED) is 0.722. The lowest BCUT2D eigenvalue weighted by molar-refractivity contribution is 0.253. The van der Waals surface area contributed by atoms with Crippen molar-refractivity contribution in [3.05, 3.63) is 16.6 Å². The Hall–Kier alpha value is -0.720.